The van der Waals surface area contributed by atoms with Crippen LogP contribution in [0.5, 0.6) is 0 Å². The minimum atomic E-state index is -0.486. The normalized spacial score (nSPS) is 10.6. The van der Waals surface area contributed by atoms with Gasteiger partial charge in [0, 0.05) is 12.7 Å². The minimum absolute atomic E-state index is 0.113. The zero-order valence-electron chi connectivity index (χ0n) is 9.93. The number of rotatable bonds is 3. The van der Waals surface area contributed by atoms with Crippen LogP contribution in [0.15, 0.2) is 35.3 Å². The average molecular weight is 249 g/mol. The molecule has 0 saturated carbocycles. The Kier molecular flexibility index (Phi) is 5.17. The molecule has 96 valence electrons. The molecule has 0 heterocycles. The Morgan fingerprint density at radius 2 is 1.94 bits per heavy atom. The number of amides is 3. The highest BCUT2D eigenvalue weighted by atomic mass is 16.2. The summed E-state index contributed by atoms with van der Waals surface area (Å²) in [6.45, 7) is -0.162. The van der Waals surface area contributed by atoms with Gasteiger partial charge >= 0.3 is 6.03 Å². The third kappa shape index (κ3) is 4.97. The molecule has 18 heavy (non-hydrogen) atoms. The van der Waals surface area contributed by atoms with E-state index < -0.39 is 6.03 Å². The van der Waals surface area contributed by atoms with Crippen molar-refractivity contribution in [1.82, 2.24) is 10.6 Å². The molecule has 5 N–H and O–H groups in total. The van der Waals surface area contributed by atoms with E-state index in [9.17, 15) is 9.59 Å². The third-order valence-electron chi connectivity index (χ3n) is 1.92. The summed E-state index contributed by atoms with van der Waals surface area (Å²) in [5.41, 5.74) is 6.07. The number of urea groups is 1. The van der Waals surface area contributed by atoms with Crippen molar-refractivity contribution >= 4 is 23.6 Å². The highest BCUT2D eigenvalue weighted by molar-refractivity contribution is 5.97. The quantitative estimate of drug-likeness (QED) is 0.442. The van der Waals surface area contributed by atoms with Gasteiger partial charge in [-0.1, -0.05) is 18.2 Å². The van der Waals surface area contributed by atoms with Gasteiger partial charge in [0.15, 0.2) is 5.96 Å². The van der Waals surface area contributed by atoms with Gasteiger partial charge in [-0.25, -0.2) is 9.79 Å². The first-order valence-electron chi connectivity index (χ1n) is 5.25. The summed E-state index contributed by atoms with van der Waals surface area (Å²) < 4.78 is 0. The number of nitrogens with two attached hydrogens (primary N) is 1. The SMILES string of the molecule is CNC(=O)NC(N)=NCC(=O)Nc1ccccc1. The van der Waals surface area contributed by atoms with Crippen molar-refractivity contribution in [2.24, 2.45) is 10.7 Å². The van der Waals surface area contributed by atoms with Crippen molar-refractivity contribution in [2.45, 2.75) is 0 Å². The third-order valence-corrected chi connectivity index (χ3v) is 1.92. The fraction of sp³-hybridized carbons (Fsp3) is 0.182. The van der Waals surface area contributed by atoms with E-state index >= 15 is 0 Å². The number of carbonyl (C=O) groups excluding carboxylic acids is 2. The van der Waals surface area contributed by atoms with E-state index in [4.69, 9.17) is 5.73 Å². The average Bonchev–Trinajstić information content (AvgIpc) is 2.37. The summed E-state index contributed by atoms with van der Waals surface area (Å²) in [6.07, 6.45) is 0. The van der Waals surface area contributed by atoms with Crippen molar-refractivity contribution in [3.05, 3.63) is 30.3 Å². The Balaban J connectivity index is 2.41. The van der Waals surface area contributed by atoms with Gasteiger partial charge in [-0.2, -0.15) is 0 Å². The molecule has 0 fully saturated rings. The van der Waals surface area contributed by atoms with Gasteiger partial charge in [-0.15, -0.1) is 0 Å². The first-order valence-corrected chi connectivity index (χ1v) is 5.25. The summed E-state index contributed by atoms with van der Waals surface area (Å²) in [4.78, 5) is 26.1. The van der Waals surface area contributed by atoms with E-state index in [0.29, 0.717) is 5.69 Å². The lowest BCUT2D eigenvalue weighted by Gasteiger charge is -2.04. The van der Waals surface area contributed by atoms with Crippen molar-refractivity contribution in [1.29, 1.82) is 0 Å². The molecule has 0 radical (unpaired) electrons. The molecule has 0 unspecified atom stereocenters. The van der Waals surface area contributed by atoms with Gasteiger partial charge in [0.1, 0.15) is 6.54 Å². The molecule has 0 bridgehead atoms. The van der Waals surface area contributed by atoms with E-state index in [0.717, 1.165) is 0 Å². The molecule has 3 amide bonds. The van der Waals surface area contributed by atoms with Crippen LogP contribution in [-0.4, -0.2) is 31.5 Å². The van der Waals surface area contributed by atoms with Gasteiger partial charge in [-0.05, 0) is 12.1 Å². The van der Waals surface area contributed by atoms with Gasteiger partial charge in [0.05, 0.1) is 0 Å². The Bertz CT molecular complexity index is 444. The van der Waals surface area contributed by atoms with Crippen molar-refractivity contribution < 1.29 is 9.59 Å². The zero-order valence-corrected chi connectivity index (χ0v) is 9.93. The predicted molar refractivity (Wildman–Crippen MR) is 69.2 cm³/mol. The molecule has 7 heteroatoms. The van der Waals surface area contributed by atoms with Crippen molar-refractivity contribution in [3.63, 3.8) is 0 Å². The lowest BCUT2D eigenvalue weighted by molar-refractivity contribution is -0.114. The number of anilines is 1. The van der Waals surface area contributed by atoms with Crippen LogP contribution < -0.4 is 21.7 Å². The molecular formula is C11H15N5O2. The Morgan fingerprint density at radius 1 is 1.28 bits per heavy atom. The van der Waals surface area contributed by atoms with E-state index in [2.05, 4.69) is 20.9 Å². The number of hydrogen-bond acceptors (Lipinski definition) is 3. The molecule has 0 saturated heterocycles. The molecule has 1 aromatic carbocycles. The van der Waals surface area contributed by atoms with Crippen LogP contribution in [0.4, 0.5) is 10.5 Å². The fourth-order valence-corrected chi connectivity index (χ4v) is 1.10. The standard InChI is InChI=1S/C11H15N5O2/c1-13-11(18)16-10(12)14-7-9(17)15-8-5-3-2-4-6-8/h2-6H,7H2,1H3,(H,15,17)(H4,12,13,14,16,18). The van der Waals surface area contributed by atoms with E-state index in [-0.39, 0.29) is 18.4 Å². The maximum absolute atomic E-state index is 11.5. The number of aliphatic imine (C=N–C) groups is 1. The largest absolute Gasteiger partial charge is 0.370 e. The monoisotopic (exact) mass is 249 g/mol. The summed E-state index contributed by atoms with van der Waals surface area (Å²) in [7, 11) is 1.45. The molecule has 7 nitrogen and oxygen atoms in total. The zero-order chi connectivity index (χ0) is 13.4. The maximum atomic E-state index is 11.5. The van der Waals surface area contributed by atoms with Crippen LogP contribution >= 0.6 is 0 Å². The lowest BCUT2D eigenvalue weighted by Crippen LogP contribution is -2.42. The molecule has 0 aliphatic heterocycles. The first kappa shape index (κ1) is 13.5. The van der Waals surface area contributed by atoms with Crippen LogP contribution in [0.2, 0.25) is 0 Å². The highest BCUT2D eigenvalue weighted by Gasteiger charge is 2.02. The maximum Gasteiger partial charge on any atom is 0.321 e. The van der Waals surface area contributed by atoms with Crippen LogP contribution in [-0.2, 0) is 4.79 Å². The molecule has 0 atom stereocenters. The minimum Gasteiger partial charge on any atom is -0.370 e. The number of para-hydroxylation sites is 1. The molecule has 0 aliphatic rings. The van der Waals surface area contributed by atoms with Crippen molar-refractivity contribution in [2.75, 3.05) is 18.9 Å². The molecular weight excluding hydrogens is 234 g/mol. The van der Waals surface area contributed by atoms with E-state index in [1.165, 1.54) is 7.05 Å². The molecule has 0 aliphatic carbocycles. The smallest absolute Gasteiger partial charge is 0.321 e. The second-order valence-corrected chi connectivity index (χ2v) is 3.32. The summed E-state index contributed by atoms with van der Waals surface area (Å²) >= 11 is 0. The molecule has 1 rings (SSSR count). The number of nitrogens with one attached hydrogen (secondary N) is 3. The first-order chi connectivity index (χ1) is 8.61. The van der Waals surface area contributed by atoms with Gasteiger partial charge in [0.2, 0.25) is 5.91 Å². The van der Waals surface area contributed by atoms with Crippen LogP contribution in [0.3, 0.4) is 0 Å². The van der Waals surface area contributed by atoms with Gasteiger partial charge in [-0.3, -0.25) is 10.1 Å². The van der Waals surface area contributed by atoms with Gasteiger partial charge < -0.3 is 16.4 Å². The molecule has 1 aromatic rings. The van der Waals surface area contributed by atoms with Crippen LogP contribution in [0.25, 0.3) is 0 Å². The lowest BCUT2D eigenvalue weighted by atomic mass is 10.3. The second-order valence-electron chi connectivity index (χ2n) is 3.32. The Hall–Kier alpha value is -2.57. The second kappa shape index (κ2) is 6.89. The number of guanidine groups is 1. The van der Waals surface area contributed by atoms with E-state index in [1.54, 1.807) is 24.3 Å². The molecule has 0 spiro atoms. The summed E-state index contributed by atoms with van der Waals surface area (Å²) in [5, 5.41) is 7.19. The van der Waals surface area contributed by atoms with Crippen molar-refractivity contribution in [3.8, 4) is 0 Å². The van der Waals surface area contributed by atoms with Crippen LogP contribution in [0.1, 0.15) is 0 Å². The fourth-order valence-electron chi connectivity index (χ4n) is 1.10. The Labute approximate surface area is 104 Å². The summed E-state index contributed by atoms with van der Waals surface area (Å²) in [6, 6.07) is 8.49. The van der Waals surface area contributed by atoms with Gasteiger partial charge in [0.25, 0.3) is 0 Å². The number of benzene rings is 1. The van der Waals surface area contributed by atoms with E-state index in [1.807, 2.05) is 6.07 Å². The van der Waals surface area contributed by atoms with Crippen LogP contribution in [0, 0.1) is 0 Å². The topological polar surface area (TPSA) is 109 Å². The number of nitrogens with zero attached hydrogens (tertiary/aromatic N) is 1. The highest BCUT2D eigenvalue weighted by Crippen LogP contribution is 2.04. The summed E-state index contributed by atoms with van der Waals surface area (Å²) in [5.74, 6) is -0.430. The number of hydrogen-bond donors (Lipinski definition) is 4. The number of carbonyl (C=O) groups is 2. The Morgan fingerprint density at radius 3 is 2.56 bits per heavy atom. The predicted octanol–water partition coefficient (Wildman–Crippen LogP) is -0.131. The molecule has 0 aromatic heterocycles.